The second-order valence-corrected chi connectivity index (χ2v) is 8.15. The summed E-state index contributed by atoms with van der Waals surface area (Å²) >= 11 is 0. The number of piperidine rings is 1. The fraction of sp³-hybridized carbons (Fsp3) is 0.500. The number of fused-ring (bicyclic) bond motifs is 1. The SMILES string of the molecule is COc1cc2c(cc1OC)CN(C1CCCN(Cc3ccccc3C)C1)CC2. The maximum Gasteiger partial charge on any atom is 0.161 e. The maximum absolute atomic E-state index is 5.53. The van der Waals surface area contributed by atoms with Crippen LogP contribution in [0.25, 0.3) is 0 Å². The lowest BCUT2D eigenvalue weighted by molar-refractivity contribution is 0.0836. The largest absolute Gasteiger partial charge is 0.493 e. The van der Waals surface area contributed by atoms with Crippen LogP contribution in [0.4, 0.5) is 0 Å². The maximum atomic E-state index is 5.53. The van der Waals surface area contributed by atoms with Crippen molar-refractivity contribution < 1.29 is 9.47 Å². The van der Waals surface area contributed by atoms with Crippen LogP contribution >= 0.6 is 0 Å². The lowest BCUT2D eigenvalue weighted by Gasteiger charge is -2.41. The van der Waals surface area contributed by atoms with Gasteiger partial charge in [0.1, 0.15) is 0 Å². The smallest absolute Gasteiger partial charge is 0.161 e. The second-order valence-electron chi connectivity index (χ2n) is 8.15. The summed E-state index contributed by atoms with van der Waals surface area (Å²) in [4.78, 5) is 5.32. The van der Waals surface area contributed by atoms with E-state index in [1.165, 1.54) is 41.6 Å². The number of methoxy groups -OCH3 is 2. The van der Waals surface area contributed by atoms with E-state index in [9.17, 15) is 0 Å². The molecule has 0 spiro atoms. The molecule has 0 radical (unpaired) electrons. The molecule has 4 nitrogen and oxygen atoms in total. The Bertz CT molecular complexity index is 820. The summed E-state index contributed by atoms with van der Waals surface area (Å²) in [5.74, 6) is 1.68. The molecule has 0 aliphatic carbocycles. The van der Waals surface area contributed by atoms with E-state index >= 15 is 0 Å². The molecule has 1 unspecified atom stereocenters. The first-order valence-electron chi connectivity index (χ1n) is 10.4. The van der Waals surface area contributed by atoms with Crippen molar-refractivity contribution in [2.24, 2.45) is 0 Å². The Kier molecular flexibility index (Phi) is 5.88. The third-order valence-electron chi connectivity index (χ3n) is 6.40. The first-order valence-corrected chi connectivity index (χ1v) is 10.4. The van der Waals surface area contributed by atoms with Crippen molar-refractivity contribution >= 4 is 0 Å². The molecule has 1 atom stereocenters. The van der Waals surface area contributed by atoms with Crippen LogP contribution in [0.3, 0.4) is 0 Å². The number of aryl methyl sites for hydroxylation is 1. The Hall–Kier alpha value is -2.04. The number of likely N-dealkylation sites (tertiary alicyclic amines) is 1. The molecule has 0 amide bonds. The van der Waals surface area contributed by atoms with E-state index in [0.29, 0.717) is 6.04 Å². The molecule has 0 saturated carbocycles. The standard InChI is InChI=1S/C24H32N2O2/c1-18-7-4-5-8-20(18)15-25-11-6-9-22(17-25)26-12-10-19-13-23(27-2)24(28-3)14-21(19)16-26/h4-5,7-8,13-14,22H,6,9-12,15-17H2,1-3H3. The van der Waals surface area contributed by atoms with E-state index in [1.807, 2.05) is 0 Å². The fourth-order valence-electron chi connectivity index (χ4n) is 4.72. The van der Waals surface area contributed by atoms with Gasteiger partial charge in [-0.2, -0.15) is 0 Å². The van der Waals surface area contributed by atoms with Gasteiger partial charge < -0.3 is 9.47 Å². The first kappa shape index (κ1) is 19.3. The highest BCUT2D eigenvalue weighted by Gasteiger charge is 2.29. The summed E-state index contributed by atoms with van der Waals surface area (Å²) in [7, 11) is 3.43. The zero-order valence-corrected chi connectivity index (χ0v) is 17.4. The van der Waals surface area contributed by atoms with Gasteiger partial charge in [0.2, 0.25) is 0 Å². The highest BCUT2D eigenvalue weighted by atomic mass is 16.5. The van der Waals surface area contributed by atoms with Crippen LogP contribution in [0, 0.1) is 6.92 Å². The van der Waals surface area contributed by atoms with E-state index in [1.54, 1.807) is 14.2 Å². The zero-order chi connectivity index (χ0) is 19.5. The van der Waals surface area contributed by atoms with E-state index in [4.69, 9.17) is 9.47 Å². The number of hydrogen-bond donors (Lipinski definition) is 0. The van der Waals surface area contributed by atoms with Crippen molar-refractivity contribution in [2.45, 2.75) is 45.3 Å². The van der Waals surface area contributed by atoms with Crippen LogP contribution in [0.5, 0.6) is 11.5 Å². The van der Waals surface area contributed by atoms with Gasteiger partial charge in [-0.05, 0) is 67.1 Å². The molecule has 4 rings (SSSR count). The van der Waals surface area contributed by atoms with Gasteiger partial charge in [0.15, 0.2) is 11.5 Å². The van der Waals surface area contributed by atoms with Gasteiger partial charge in [0, 0.05) is 32.2 Å². The molecule has 2 aliphatic heterocycles. The normalized spacial score (nSPS) is 20.6. The summed E-state index contributed by atoms with van der Waals surface area (Å²) in [6.07, 6.45) is 3.67. The van der Waals surface area contributed by atoms with Gasteiger partial charge in [-0.15, -0.1) is 0 Å². The molecule has 1 fully saturated rings. The molecule has 1 saturated heterocycles. The summed E-state index contributed by atoms with van der Waals surface area (Å²) in [5.41, 5.74) is 5.66. The number of rotatable bonds is 5. The Labute approximate surface area is 169 Å². The average Bonchev–Trinajstić information content (AvgIpc) is 2.74. The third-order valence-corrected chi connectivity index (χ3v) is 6.40. The number of nitrogens with zero attached hydrogens (tertiary/aromatic N) is 2. The van der Waals surface area contributed by atoms with Gasteiger partial charge in [-0.25, -0.2) is 0 Å². The summed E-state index contributed by atoms with van der Waals surface area (Å²) in [6, 6.07) is 13.8. The van der Waals surface area contributed by atoms with Gasteiger partial charge in [0.05, 0.1) is 14.2 Å². The Morgan fingerprint density at radius 3 is 2.50 bits per heavy atom. The van der Waals surface area contributed by atoms with E-state index in [2.05, 4.69) is 53.1 Å². The molecule has 28 heavy (non-hydrogen) atoms. The van der Waals surface area contributed by atoms with Crippen molar-refractivity contribution in [1.29, 1.82) is 0 Å². The quantitative estimate of drug-likeness (QED) is 0.782. The first-order chi connectivity index (χ1) is 13.7. The Morgan fingerprint density at radius 1 is 1.00 bits per heavy atom. The van der Waals surface area contributed by atoms with E-state index < -0.39 is 0 Å². The topological polar surface area (TPSA) is 24.9 Å². The van der Waals surface area contributed by atoms with Gasteiger partial charge in [-0.3, -0.25) is 9.80 Å². The zero-order valence-electron chi connectivity index (χ0n) is 17.4. The summed E-state index contributed by atoms with van der Waals surface area (Å²) in [6.45, 7) is 7.81. The minimum absolute atomic E-state index is 0.638. The highest BCUT2D eigenvalue weighted by Crippen LogP contribution is 2.34. The second kappa shape index (κ2) is 8.54. The molecule has 4 heteroatoms. The van der Waals surface area contributed by atoms with Crippen molar-refractivity contribution in [3.8, 4) is 11.5 Å². The van der Waals surface area contributed by atoms with Crippen LogP contribution in [0.1, 0.15) is 35.1 Å². The monoisotopic (exact) mass is 380 g/mol. The van der Waals surface area contributed by atoms with Crippen molar-refractivity contribution in [1.82, 2.24) is 9.80 Å². The lowest BCUT2D eigenvalue weighted by Crippen LogP contribution is -2.49. The lowest BCUT2D eigenvalue weighted by atomic mass is 9.95. The van der Waals surface area contributed by atoms with Crippen molar-refractivity contribution in [3.05, 3.63) is 58.7 Å². The van der Waals surface area contributed by atoms with Crippen molar-refractivity contribution in [3.63, 3.8) is 0 Å². The van der Waals surface area contributed by atoms with Crippen LogP contribution in [-0.2, 0) is 19.5 Å². The third kappa shape index (κ3) is 4.03. The minimum Gasteiger partial charge on any atom is -0.493 e. The molecule has 150 valence electrons. The molecular weight excluding hydrogens is 348 g/mol. The Morgan fingerprint density at radius 2 is 1.75 bits per heavy atom. The molecule has 0 aromatic heterocycles. The van der Waals surface area contributed by atoms with Crippen LogP contribution in [-0.4, -0.2) is 49.7 Å². The van der Waals surface area contributed by atoms with Crippen molar-refractivity contribution in [2.75, 3.05) is 33.9 Å². The predicted octanol–water partition coefficient (Wildman–Crippen LogP) is 4.03. The summed E-state index contributed by atoms with van der Waals surface area (Å²) in [5, 5.41) is 0. The van der Waals surface area contributed by atoms with Crippen LogP contribution in [0.15, 0.2) is 36.4 Å². The number of hydrogen-bond acceptors (Lipinski definition) is 4. The number of ether oxygens (including phenoxy) is 2. The molecule has 0 bridgehead atoms. The molecule has 2 aromatic carbocycles. The van der Waals surface area contributed by atoms with E-state index in [-0.39, 0.29) is 0 Å². The van der Waals surface area contributed by atoms with Crippen LogP contribution < -0.4 is 9.47 Å². The molecule has 0 N–H and O–H groups in total. The molecular formula is C24H32N2O2. The molecule has 2 aromatic rings. The highest BCUT2D eigenvalue weighted by molar-refractivity contribution is 5.48. The fourth-order valence-corrected chi connectivity index (χ4v) is 4.72. The van der Waals surface area contributed by atoms with Gasteiger partial charge in [-0.1, -0.05) is 24.3 Å². The number of benzene rings is 2. The van der Waals surface area contributed by atoms with Gasteiger partial charge in [0.25, 0.3) is 0 Å². The van der Waals surface area contributed by atoms with E-state index in [0.717, 1.165) is 44.1 Å². The summed E-state index contributed by atoms with van der Waals surface area (Å²) < 4.78 is 11.0. The van der Waals surface area contributed by atoms with Crippen LogP contribution in [0.2, 0.25) is 0 Å². The predicted molar refractivity (Wildman–Crippen MR) is 113 cm³/mol. The minimum atomic E-state index is 0.638. The van der Waals surface area contributed by atoms with Gasteiger partial charge >= 0.3 is 0 Å². The Balaban J connectivity index is 1.44. The molecule has 2 heterocycles. The molecule has 2 aliphatic rings. The average molecular weight is 381 g/mol.